The molecule has 18 heavy (non-hydrogen) atoms. The summed E-state index contributed by atoms with van der Waals surface area (Å²) in [6, 6.07) is 2.98. The Hall–Kier alpha value is -1.89. The van der Waals surface area contributed by atoms with Gasteiger partial charge >= 0.3 is 0 Å². The summed E-state index contributed by atoms with van der Waals surface area (Å²) in [6.07, 6.45) is 0. The zero-order valence-corrected chi connectivity index (χ0v) is 11.2. The molecule has 1 rings (SSSR count). The third-order valence-corrected chi connectivity index (χ3v) is 2.82. The van der Waals surface area contributed by atoms with Crippen molar-refractivity contribution < 1.29 is 14.4 Å². The molecule has 7 heteroatoms. The summed E-state index contributed by atoms with van der Waals surface area (Å²) in [5.74, 6) is -1.89. The van der Waals surface area contributed by atoms with Crippen molar-refractivity contribution in [1.82, 2.24) is 0 Å². The second kappa shape index (κ2) is 5.63. The molecular weight excluding hydrogens is 302 g/mol. The number of halogens is 1. The predicted molar refractivity (Wildman–Crippen MR) is 70.6 cm³/mol. The number of hydrogen-bond acceptors (Lipinski definition) is 3. The summed E-state index contributed by atoms with van der Waals surface area (Å²) in [7, 11) is 0. The minimum absolute atomic E-state index is 0.0251. The average Bonchev–Trinajstić information content (AvgIpc) is 2.27. The van der Waals surface area contributed by atoms with Crippen LogP contribution < -0.4 is 16.8 Å². The van der Waals surface area contributed by atoms with Gasteiger partial charge in [0.25, 0.3) is 11.8 Å². The van der Waals surface area contributed by atoms with Crippen LogP contribution in [0.5, 0.6) is 0 Å². The molecule has 3 amide bonds. The standard InChI is InChI=1S/C11H12BrN3O3/c1-5-2-3-6(10(13)17)9(8(5)11(14)18)15-7(16)4-12/h2-3H,4H2,1H3,(H2,13,17)(H2,14,18)(H,15,16). The van der Waals surface area contributed by atoms with Gasteiger partial charge in [-0.25, -0.2) is 0 Å². The van der Waals surface area contributed by atoms with E-state index in [1.54, 1.807) is 13.0 Å². The molecule has 0 aliphatic carbocycles. The Morgan fingerprint density at radius 1 is 1.22 bits per heavy atom. The lowest BCUT2D eigenvalue weighted by atomic mass is 10.0. The normalized spacial score (nSPS) is 9.89. The number of amides is 3. The second-order valence-corrected chi connectivity index (χ2v) is 4.15. The van der Waals surface area contributed by atoms with Crippen LogP contribution in [0.3, 0.4) is 0 Å². The summed E-state index contributed by atoms with van der Waals surface area (Å²) < 4.78 is 0. The molecule has 0 aliphatic heterocycles. The van der Waals surface area contributed by atoms with Crippen LogP contribution in [0, 0.1) is 6.92 Å². The number of anilines is 1. The van der Waals surface area contributed by atoms with Crippen LogP contribution in [-0.4, -0.2) is 23.1 Å². The van der Waals surface area contributed by atoms with Crippen LogP contribution in [-0.2, 0) is 4.79 Å². The third kappa shape index (κ3) is 2.86. The highest BCUT2D eigenvalue weighted by atomic mass is 79.9. The van der Waals surface area contributed by atoms with Crippen LogP contribution in [0.1, 0.15) is 26.3 Å². The molecule has 0 spiro atoms. The van der Waals surface area contributed by atoms with E-state index < -0.39 is 17.7 Å². The minimum atomic E-state index is -0.748. The Balaban J connectivity index is 3.48. The summed E-state index contributed by atoms with van der Waals surface area (Å²) in [5.41, 5.74) is 11.2. The van der Waals surface area contributed by atoms with E-state index in [0.717, 1.165) is 0 Å². The predicted octanol–water partition coefficient (Wildman–Crippen LogP) is 0.526. The third-order valence-electron chi connectivity index (χ3n) is 2.31. The van der Waals surface area contributed by atoms with Crippen molar-refractivity contribution >= 4 is 39.3 Å². The van der Waals surface area contributed by atoms with Gasteiger partial charge in [0.1, 0.15) is 0 Å². The molecule has 1 aromatic carbocycles. The van der Waals surface area contributed by atoms with Crippen molar-refractivity contribution in [2.45, 2.75) is 6.92 Å². The number of primary amides is 2. The van der Waals surface area contributed by atoms with Crippen molar-refractivity contribution in [3.63, 3.8) is 0 Å². The van der Waals surface area contributed by atoms with Gasteiger partial charge in [0.15, 0.2) is 0 Å². The minimum Gasteiger partial charge on any atom is -0.366 e. The van der Waals surface area contributed by atoms with Gasteiger partial charge in [-0.15, -0.1) is 0 Å². The molecule has 1 aromatic rings. The van der Waals surface area contributed by atoms with Crippen molar-refractivity contribution in [3.05, 3.63) is 28.8 Å². The highest BCUT2D eigenvalue weighted by molar-refractivity contribution is 9.09. The Kier molecular flexibility index (Phi) is 4.43. The molecule has 0 atom stereocenters. The van der Waals surface area contributed by atoms with Crippen LogP contribution in [0.15, 0.2) is 12.1 Å². The fraction of sp³-hybridized carbons (Fsp3) is 0.182. The molecular formula is C11H12BrN3O3. The Bertz CT molecular complexity index is 529. The first-order valence-corrected chi connectivity index (χ1v) is 6.09. The number of alkyl halides is 1. The lowest BCUT2D eigenvalue weighted by Gasteiger charge is -2.14. The topological polar surface area (TPSA) is 115 Å². The van der Waals surface area contributed by atoms with Gasteiger partial charge in [0.2, 0.25) is 5.91 Å². The highest BCUT2D eigenvalue weighted by Crippen LogP contribution is 2.24. The molecule has 6 nitrogen and oxygen atoms in total. The monoisotopic (exact) mass is 313 g/mol. The molecule has 0 unspecified atom stereocenters. The first kappa shape index (κ1) is 14.2. The molecule has 0 aliphatic rings. The first-order chi connectivity index (χ1) is 8.38. The first-order valence-electron chi connectivity index (χ1n) is 4.97. The molecule has 5 N–H and O–H groups in total. The van der Waals surface area contributed by atoms with Crippen molar-refractivity contribution in [2.24, 2.45) is 11.5 Å². The molecule has 0 aromatic heterocycles. The maximum Gasteiger partial charge on any atom is 0.251 e. The van der Waals surface area contributed by atoms with Crippen LogP contribution in [0.4, 0.5) is 5.69 Å². The van der Waals surface area contributed by atoms with Gasteiger partial charge in [0, 0.05) is 0 Å². The number of carbonyl (C=O) groups is 3. The van der Waals surface area contributed by atoms with E-state index in [-0.39, 0.29) is 22.1 Å². The van der Waals surface area contributed by atoms with E-state index in [1.165, 1.54) is 6.07 Å². The Morgan fingerprint density at radius 3 is 2.28 bits per heavy atom. The SMILES string of the molecule is Cc1ccc(C(N)=O)c(NC(=O)CBr)c1C(N)=O. The van der Waals surface area contributed by atoms with Crippen molar-refractivity contribution in [2.75, 3.05) is 10.6 Å². The number of rotatable bonds is 4. The summed E-state index contributed by atoms with van der Waals surface area (Å²) >= 11 is 2.97. The molecule has 0 saturated heterocycles. The quantitative estimate of drug-likeness (QED) is 0.704. The number of carbonyl (C=O) groups excluding carboxylic acids is 3. The Morgan fingerprint density at radius 2 is 1.83 bits per heavy atom. The fourth-order valence-corrected chi connectivity index (χ4v) is 1.67. The molecule has 0 bridgehead atoms. The van der Waals surface area contributed by atoms with E-state index in [4.69, 9.17) is 11.5 Å². The number of benzene rings is 1. The summed E-state index contributed by atoms with van der Waals surface area (Å²) in [6.45, 7) is 1.65. The number of aryl methyl sites for hydroxylation is 1. The van der Waals surface area contributed by atoms with Gasteiger partial charge in [-0.2, -0.15) is 0 Å². The van der Waals surface area contributed by atoms with E-state index in [0.29, 0.717) is 5.56 Å². The smallest absolute Gasteiger partial charge is 0.251 e. The highest BCUT2D eigenvalue weighted by Gasteiger charge is 2.19. The van der Waals surface area contributed by atoms with E-state index in [1.807, 2.05) is 0 Å². The number of nitrogens with one attached hydrogen (secondary N) is 1. The maximum absolute atomic E-state index is 11.4. The van der Waals surface area contributed by atoms with Gasteiger partial charge in [-0.05, 0) is 18.6 Å². The average molecular weight is 314 g/mol. The van der Waals surface area contributed by atoms with Crippen LogP contribution in [0.2, 0.25) is 0 Å². The number of hydrogen-bond donors (Lipinski definition) is 3. The molecule has 0 fully saturated rings. The van der Waals surface area contributed by atoms with Crippen molar-refractivity contribution in [1.29, 1.82) is 0 Å². The van der Waals surface area contributed by atoms with Gasteiger partial charge in [-0.1, -0.05) is 22.0 Å². The largest absolute Gasteiger partial charge is 0.366 e. The number of nitrogens with two attached hydrogens (primary N) is 2. The van der Waals surface area contributed by atoms with Crippen LogP contribution in [0.25, 0.3) is 0 Å². The molecule has 0 radical (unpaired) electrons. The zero-order chi connectivity index (χ0) is 13.9. The van der Waals surface area contributed by atoms with Gasteiger partial charge in [-0.3, -0.25) is 14.4 Å². The summed E-state index contributed by atoms with van der Waals surface area (Å²) in [5, 5.41) is 2.47. The van der Waals surface area contributed by atoms with E-state index in [9.17, 15) is 14.4 Å². The van der Waals surface area contributed by atoms with Crippen LogP contribution >= 0.6 is 15.9 Å². The molecule has 0 heterocycles. The summed E-state index contributed by atoms with van der Waals surface area (Å²) in [4.78, 5) is 34.1. The lowest BCUT2D eigenvalue weighted by Crippen LogP contribution is -2.24. The Labute approximate surface area is 112 Å². The van der Waals surface area contributed by atoms with E-state index >= 15 is 0 Å². The van der Waals surface area contributed by atoms with Crippen molar-refractivity contribution in [3.8, 4) is 0 Å². The zero-order valence-electron chi connectivity index (χ0n) is 9.62. The maximum atomic E-state index is 11.4. The van der Waals surface area contributed by atoms with E-state index in [2.05, 4.69) is 21.2 Å². The van der Waals surface area contributed by atoms with Gasteiger partial charge in [0.05, 0.1) is 22.1 Å². The fourth-order valence-electron chi connectivity index (χ4n) is 1.53. The molecule has 96 valence electrons. The molecule has 0 saturated carbocycles. The second-order valence-electron chi connectivity index (χ2n) is 3.59. The lowest BCUT2D eigenvalue weighted by molar-refractivity contribution is -0.113. The van der Waals surface area contributed by atoms with Gasteiger partial charge < -0.3 is 16.8 Å².